The minimum absolute atomic E-state index is 0.182. The Morgan fingerprint density at radius 3 is 2.64 bits per heavy atom. The Kier molecular flexibility index (Phi) is 4.26. The van der Waals surface area contributed by atoms with Gasteiger partial charge in [-0.1, -0.05) is 41.2 Å². The third kappa shape index (κ3) is 3.37. The molecular weight excluding hydrogens is 316 g/mol. The lowest BCUT2D eigenvalue weighted by Crippen LogP contribution is -2.11. The quantitative estimate of drug-likeness (QED) is 0.795. The number of thiazole rings is 1. The summed E-state index contributed by atoms with van der Waals surface area (Å²) in [7, 11) is 0. The van der Waals surface area contributed by atoms with Gasteiger partial charge in [0.25, 0.3) is 5.91 Å². The fourth-order valence-corrected chi connectivity index (χ4v) is 3.40. The molecule has 0 atom stereocenters. The van der Waals surface area contributed by atoms with Crippen molar-refractivity contribution < 1.29 is 4.79 Å². The van der Waals surface area contributed by atoms with Crippen LogP contribution in [0.3, 0.4) is 0 Å². The SMILES string of the molecule is Cc1ccc(Cc2nnc(NC(=O)c3scnc3C)s2)cc1. The molecule has 2 heterocycles. The maximum atomic E-state index is 12.1. The number of anilines is 1. The highest BCUT2D eigenvalue weighted by molar-refractivity contribution is 7.15. The van der Waals surface area contributed by atoms with Gasteiger partial charge in [-0.2, -0.15) is 0 Å². The van der Waals surface area contributed by atoms with Gasteiger partial charge in [-0.25, -0.2) is 4.98 Å². The molecule has 1 amide bonds. The molecule has 0 aliphatic heterocycles. The topological polar surface area (TPSA) is 67.8 Å². The van der Waals surface area contributed by atoms with E-state index in [9.17, 15) is 4.79 Å². The van der Waals surface area contributed by atoms with Gasteiger partial charge in [0.1, 0.15) is 9.88 Å². The van der Waals surface area contributed by atoms with Gasteiger partial charge in [0, 0.05) is 6.42 Å². The van der Waals surface area contributed by atoms with Crippen molar-refractivity contribution in [1.82, 2.24) is 15.2 Å². The van der Waals surface area contributed by atoms with Crippen molar-refractivity contribution in [3.63, 3.8) is 0 Å². The zero-order valence-corrected chi connectivity index (χ0v) is 13.8. The highest BCUT2D eigenvalue weighted by Crippen LogP contribution is 2.21. The summed E-state index contributed by atoms with van der Waals surface area (Å²) < 4.78 is 0. The van der Waals surface area contributed by atoms with Gasteiger partial charge in [0.2, 0.25) is 5.13 Å². The number of nitrogens with one attached hydrogen (secondary N) is 1. The third-order valence-corrected chi connectivity index (χ3v) is 4.88. The van der Waals surface area contributed by atoms with E-state index in [0.29, 0.717) is 16.4 Å². The summed E-state index contributed by atoms with van der Waals surface area (Å²) >= 11 is 2.71. The first-order valence-electron chi connectivity index (χ1n) is 6.71. The number of benzene rings is 1. The molecule has 22 heavy (non-hydrogen) atoms. The number of nitrogens with zero attached hydrogens (tertiary/aromatic N) is 3. The van der Waals surface area contributed by atoms with Crippen molar-refractivity contribution in [2.24, 2.45) is 0 Å². The van der Waals surface area contributed by atoms with Crippen LogP contribution in [0.4, 0.5) is 5.13 Å². The highest BCUT2D eigenvalue weighted by Gasteiger charge is 2.14. The van der Waals surface area contributed by atoms with E-state index in [-0.39, 0.29) is 5.91 Å². The molecule has 0 aliphatic carbocycles. The number of hydrogen-bond donors (Lipinski definition) is 1. The number of rotatable bonds is 4. The number of aromatic nitrogens is 3. The lowest BCUT2D eigenvalue weighted by Gasteiger charge is -1.99. The molecule has 3 aromatic rings. The predicted octanol–water partition coefficient (Wildman–Crippen LogP) is 3.45. The van der Waals surface area contributed by atoms with Crippen molar-refractivity contribution in [3.05, 3.63) is 56.5 Å². The van der Waals surface area contributed by atoms with Crippen LogP contribution in [0.1, 0.15) is 31.5 Å². The molecule has 0 bridgehead atoms. The molecule has 2 aromatic heterocycles. The molecule has 0 aliphatic rings. The number of aryl methyl sites for hydroxylation is 2. The summed E-state index contributed by atoms with van der Waals surface area (Å²) in [4.78, 5) is 16.8. The van der Waals surface area contributed by atoms with E-state index in [4.69, 9.17) is 0 Å². The Balaban J connectivity index is 1.67. The second kappa shape index (κ2) is 6.33. The first-order valence-corrected chi connectivity index (χ1v) is 8.41. The maximum absolute atomic E-state index is 12.1. The van der Waals surface area contributed by atoms with Crippen LogP contribution >= 0.6 is 22.7 Å². The molecule has 0 saturated carbocycles. The first-order chi connectivity index (χ1) is 10.6. The van der Waals surface area contributed by atoms with E-state index in [0.717, 1.165) is 10.7 Å². The summed E-state index contributed by atoms with van der Waals surface area (Å²) in [6, 6.07) is 8.31. The number of carbonyl (C=O) groups is 1. The molecule has 1 N–H and O–H groups in total. The van der Waals surface area contributed by atoms with Gasteiger partial charge in [-0.15, -0.1) is 21.5 Å². The summed E-state index contributed by atoms with van der Waals surface area (Å²) in [5.74, 6) is -0.182. The standard InChI is InChI=1S/C15H14N4OS2/c1-9-3-5-11(6-4-9)7-12-18-19-15(22-12)17-14(20)13-10(2)16-8-21-13/h3-6,8H,7H2,1-2H3,(H,17,19,20). The van der Waals surface area contributed by atoms with Gasteiger partial charge >= 0.3 is 0 Å². The minimum atomic E-state index is -0.182. The monoisotopic (exact) mass is 330 g/mol. The first kappa shape index (κ1) is 14.8. The Morgan fingerprint density at radius 1 is 1.18 bits per heavy atom. The van der Waals surface area contributed by atoms with Gasteiger partial charge < -0.3 is 0 Å². The Labute approximate surface area is 136 Å². The van der Waals surface area contributed by atoms with E-state index in [2.05, 4.69) is 51.7 Å². The number of carbonyl (C=O) groups excluding carboxylic acids is 1. The van der Waals surface area contributed by atoms with Crippen LogP contribution in [0.15, 0.2) is 29.8 Å². The molecule has 0 fully saturated rings. The number of amides is 1. The highest BCUT2D eigenvalue weighted by atomic mass is 32.1. The summed E-state index contributed by atoms with van der Waals surface area (Å²) in [6.45, 7) is 3.87. The summed E-state index contributed by atoms with van der Waals surface area (Å²) in [5.41, 5.74) is 4.80. The second-order valence-corrected chi connectivity index (χ2v) is 6.80. The summed E-state index contributed by atoms with van der Waals surface area (Å²) in [6.07, 6.45) is 0.716. The van der Waals surface area contributed by atoms with Crippen LogP contribution in [0.2, 0.25) is 0 Å². The molecule has 0 saturated heterocycles. The van der Waals surface area contributed by atoms with Crippen LogP contribution in [-0.4, -0.2) is 21.1 Å². The van der Waals surface area contributed by atoms with Crippen molar-refractivity contribution in [2.45, 2.75) is 20.3 Å². The molecule has 7 heteroatoms. The van der Waals surface area contributed by atoms with Gasteiger partial charge in [0.05, 0.1) is 11.2 Å². The predicted molar refractivity (Wildman–Crippen MR) is 88.7 cm³/mol. The largest absolute Gasteiger partial charge is 0.296 e. The van der Waals surface area contributed by atoms with Crippen LogP contribution in [0, 0.1) is 13.8 Å². The lowest BCUT2D eigenvalue weighted by atomic mass is 10.1. The van der Waals surface area contributed by atoms with Crippen LogP contribution < -0.4 is 5.32 Å². The molecular formula is C15H14N4OS2. The molecule has 0 spiro atoms. The third-order valence-electron chi connectivity index (χ3n) is 3.12. The van der Waals surface area contributed by atoms with Gasteiger partial charge in [-0.05, 0) is 19.4 Å². The van der Waals surface area contributed by atoms with Gasteiger partial charge in [0.15, 0.2) is 0 Å². The normalized spacial score (nSPS) is 10.6. The lowest BCUT2D eigenvalue weighted by molar-refractivity contribution is 0.102. The van der Waals surface area contributed by atoms with Crippen molar-refractivity contribution in [2.75, 3.05) is 5.32 Å². The van der Waals surface area contributed by atoms with E-state index in [1.165, 1.54) is 33.8 Å². The zero-order chi connectivity index (χ0) is 15.5. The Hall–Kier alpha value is -2.12. The van der Waals surface area contributed by atoms with E-state index in [1.54, 1.807) is 5.51 Å². The van der Waals surface area contributed by atoms with Crippen LogP contribution in [0.25, 0.3) is 0 Å². The van der Waals surface area contributed by atoms with Crippen molar-refractivity contribution in [1.29, 1.82) is 0 Å². The maximum Gasteiger partial charge on any atom is 0.269 e. The molecule has 112 valence electrons. The van der Waals surface area contributed by atoms with E-state index in [1.807, 2.05) is 6.92 Å². The van der Waals surface area contributed by atoms with E-state index >= 15 is 0 Å². The smallest absolute Gasteiger partial charge is 0.269 e. The molecule has 0 unspecified atom stereocenters. The molecule has 1 aromatic carbocycles. The van der Waals surface area contributed by atoms with Crippen molar-refractivity contribution in [3.8, 4) is 0 Å². The van der Waals surface area contributed by atoms with Crippen LogP contribution in [0.5, 0.6) is 0 Å². The Morgan fingerprint density at radius 2 is 1.95 bits per heavy atom. The minimum Gasteiger partial charge on any atom is -0.296 e. The average Bonchev–Trinajstić information content (AvgIpc) is 3.10. The van der Waals surface area contributed by atoms with Crippen LogP contribution in [-0.2, 0) is 6.42 Å². The molecule has 0 radical (unpaired) electrons. The fourth-order valence-electron chi connectivity index (χ4n) is 1.93. The zero-order valence-electron chi connectivity index (χ0n) is 12.2. The average molecular weight is 330 g/mol. The Bertz CT molecular complexity index is 792. The summed E-state index contributed by atoms with van der Waals surface area (Å²) in [5, 5.41) is 12.3. The van der Waals surface area contributed by atoms with Crippen molar-refractivity contribution >= 4 is 33.7 Å². The van der Waals surface area contributed by atoms with Gasteiger partial charge in [-0.3, -0.25) is 10.1 Å². The van der Waals surface area contributed by atoms with E-state index < -0.39 is 0 Å². The molecule has 3 rings (SSSR count). The molecule has 5 nitrogen and oxygen atoms in total. The fraction of sp³-hybridized carbons (Fsp3) is 0.200. The second-order valence-electron chi connectivity index (χ2n) is 4.88. The number of hydrogen-bond acceptors (Lipinski definition) is 6.